The van der Waals surface area contributed by atoms with E-state index in [4.69, 9.17) is 0 Å². The predicted octanol–water partition coefficient (Wildman–Crippen LogP) is 6.11. The van der Waals surface area contributed by atoms with E-state index in [2.05, 4.69) is 120 Å². The van der Waals surface area contributed by atoms with Crippen molar-refractivity contribution in [3.8, 4) is 0 Å². The zero-order valence-electron chi connectivity index (χ0n) is 24.1. The minimum atomic E-state index is -0.460. The van der Waals surface area contributed by atoms with Crippen LogP contribution < -0.4 is 5.56 Å². The number of pyridine rings is 1. The summed E-state index contributed by atoms with van der Waals surface area (Å²) in [6, 6.07) is 26.6. The molecule has 3 aromatic carbocycles. The summed E-state index contributed by atoms with van der Waals surface area (Å²) < 4.78 is 1.91. The molecule has 7 heteroatoms. The molecule has 1 N–H and O–H groups in total. The lowest BCUT2D eigenvalue weighted by Crippen LogP contribution is -2.39. The molecule has 206 valence electrons. The fraction of sp³-hybridized carbons (Fsp3) is 0.333. The average Bonchev–Trinajstić information content (AvgIpc) is 3.46. The molecule has 0 aliphatic heterocycles. The highest BCUT2D eigenvalue weighted by molar-refractivity contribution is 5.85. The maximum Gasteiger partial charge on any atom is 0.253 e. The molecule has 0 saturated carbocycles. The van der Waals surface area contributed by atoms with Crippen molar-refractivity contribution in [2.24, 2.45) is 0 Å². The van der Waals surface area contributed by atoms with Crippen molar-refractivity contribution in [1.82, 2.24) is 30.1 Å². The van der Waals surface area contributed by atoms with Crippen LogP contribution in [0.4, 0.5) is 0 Å². The lowest BCUT2D eigenvalue weighted by molar-refractivity contribution is 0.190. The molecule has 0 radical (unpaired) electrons. The van der Waals surface area contributed by atoms with Crippen molar-refractivity contribution in [2.75, 3.05) is 6.54 Å². The van der Waals surface area contributed by atoms with Crippen LogP contribution in [0, 0.1) is 13.8 Å². The molecule has 40 heavy (non-hydrogen) atoms. The molecule has 7 nitrogen and oxygen atoms in total. The zero-order chi connectivity index (χ0) is 28.3. The largest absolute Gasteiger partial charge is 0.321 e. The van der Waals surface area contributed by atoms with E-state index in [1.807, 2.05) is 23.7 Å². The van der Waals surface area contributed by atoms with E-state index < -0.39 is 6.04 Å². The molecule has 0 spiro atoms. The maximum absolute atomic E-state index is 13.9. The number of nitrogens with one attached hydrogen (secondary N) is 1. The third kappa shape index (κ3) is 5.61. The third-order valence-corrected chi connectivity index (χ3v) is 8.07. The van der Waals surface area contributed by atoms with Crippen LogP contribution in [0.5, 0.6) is 0 Å². The summed E-state index contributed by atoms with van der Waals surface area (Å²) >= 11 is 0. The molecule has 5 aromatic rings. The Labute approximate surface area is 235 Å². The first kappa shape index (κ1) is 27.5. The quantitative estimate of drug-likeness (QED) is 0.234. The fourth-order valence-corrected chi connectivity index (χ4v) is 5.27. The number of tetrazole rings is 1. The van der Waals surface area contributed by atoms with Crippen LogP contribution in [-0.2, 0) is 18.5 Å². The van der Waals surface area contributed by atoms with Gasteiger partial charge >= 0.3 is 0 Å². The first-order valence-corrected chi connectivity index (χ1v) is 14.0. The third-order valence-electron chi connectivity index (χ3n) is 8.07. The topological polar surface area (TPSA) is 79.7 Å². The predicted molar refractivity (Wildman–Crippen MR) is 160 cm³/mol. The van der Waals surface area contributed by atoms with Crippen molar-refractivity contribution in [3.63, 3.8) is 0 Å². The number of aromatic amines is 1. The lowest BCUT2D eigenvalue weighted by Gasteiger charge is -2.34. The Kier molecular flexibility index (Phi) is 7.94. The Morgan fingerprint density at radius 1 is 0.925 bits per heavy atom. The fourth-order valence-electron chi connectivity index (χ4n) is 5.27. The van der Waals surface area contributed by atoms with E-state index in [1.165, 1.54) is 11.1 Å². The summed E-state index contributed by atoms with van der Waals surface area (Å²) in [6.45, 7) is 11.9. The van der Waals surface area contributed by atoms with E-state index in [0.29, 0.717) is 24.5 Å². The van der Waals surface area contributed by atoms with Gasteiger partial charge < -0.3 is 4.98 Å². The van der Waals surface area contributed by atoms with Crippen molar-refractivity contribution < 1.29 is 0 Å². The SMILES string of the molecule is CCC(C)(C)n1nnnc1[C@@H](c1cc2c(C)ccc(C)c2[nH]c1=O)N(CCc1ccccc1)Cc1ccccc1. The van der Waals surface area contributed by atoms with Crippen molar-refractivity contribution in [2.45, 2.75) is 65.6 Å². The van der Waals surface area contributed by atoms with E-state index in [9.17, 15) is 4.79 Å². The van der Waals surface area contributed by atoms with E-state index >= 15 is 0 Å². The molecule has 0 fully saturated rings. The standard InChI is InChI=1S/C33H38N6O/c1-6-33(4,5)39-31(35-36-37-39)30(28-21-27-23(2)17-18-24(3)29(27)34-32(28)40)38(22-26-15-11-8-12-16-26)20-19-25-13-9-7-10-14-25/h7-18,21,30H,6,19-20,22H2,1-5H3,(H,34,40)/t30-/m1/s1. The van der Waals surface area contributed by atoms with Gasteiger partial charge in [-0.1, -0.05) is 79.7 Å². The van der Waals surface area contributed by atoms with Crippen molar-refractivity contribution in [3.05, 3.63) is 123 Å². The van der Waals surface area contributed by atoms with Gasteiger partial charge in [-0.05, 0) is 79.3 Å². The Morgan fingerprint density at radius 3 is 2.25 bits per heavy atom. The van der Waals surface area contributed by atoms with Crippen molar-refractivity contribution >= 4 is 10.9 Å². The number of hydrogen-bond donors (Lipinski definition) is 1. The lowest BCUT2D eigenvalue weighted by atomic mass is 9.97. The Bertz CT molecular complexity index is 1640. The Balaban J connectivity index is 1.72. The second-order valence-electron chi connectivity index (χ2n) is 11.3. The molecule has 0 amide bonds. The highest BCUT2D eigenvalue weighted by Gasteiger charge is 2.34. The van der Waals surface area contributed by atoms with Gasteiger partial charge in [0.2, 0.25) is 0 Å². The van der Waals surface area contributed by atoms with Crippen LogP contribution in [-0.4, -0.2) is 36.6 Å². The van der Waals surface area contributed by atoms with Gasteiger partial charge in [0.25, 0.3) is 5.56 Å². The first-order chi connectivity index (χ1) is 19.3. The number of hydrogen-bond acceptors (Lipinski definition) is 5. The number of H-pyrrole nitrogens is 1. The van der Waals surface area contributed by atoms with Crippen LogP contribution in [0.2, 0.25) is 0 Å². The van der Waals surface area contributed by atoms with Crippen LogP contribution >= 0.6 is 0 Å². The van der Waals surface area contributed by atoms with E-state index in [-0.39, 0.29) is 11.1 Å². The van der Waals surface area contributed by atoms with Gasteiger partial charge in [0.05, 0.1) is 11.1 Å². The van der Waals surface area contributed by atoms with Gasteiger partial charge in [0, 0.05) is 24.0 Å². The molecule has 0 unspecified atom stereocenters. The van der Waals surface area contributed by atoms with Crippen LogP contribution in [0.25, 0.3) is 10.9 Å². The molecule has 0 aliphatic carbocycles. The van der Waals surface area contributed by atoms with Crippen LogP contribution in [0.3, 0.4) is 0 Å². The first-order valence-electron chi connectivity index (χ1n) is 14.0. The van der Waals surface area contributed by atoms with Gasteiger partial charge in [-0.15, -0.1) is 5.10 Å². The number of aryl methyl sites for hydroxylation is 2. The normalized spacial score (nSPS) is 12.8. The van der Waals surface area contributed by atoms with Gasteiger partial charge in [-0.25, -0.2) is 4.68 Å². The van der Waals surface area contributed by atoms with Gasteiger partial charge in [-0.3, -0.25) is 9.69 Å². The van der Waals surface area contributed by atoms with Gasteiger partial charge in [0.1, 0.15) is 6.04 Å². The molecule has 2 aromatic heterocycles. The van der Waals surface area contributed by atoms with Crippen molar-refractivity contribution in [1.29, 1.82) is 0 Å². The molecular formula is C33H38N6O. The van der Waals surface area contributed by atoms with Gasteiger partial charge in [0.15, 0.2) is 5.82 Å². The maximum atomic E-state index is 13.9. The number of rotatable bonds is 10. The van der Waals surface area contributed by atoms with E-state index in [1.54, 1.807) is 0 Å². The molecule has 5 rings (SSSR count). The summed E-state index contributed by atoms with van der Waals surface area (Å²) in [5.74, 6) is 0.672. The summed E-state index contributed by atoms with van der Waals surface area (Å²) in [6.07, 6.45) is 1.67. The highest BCUT2D eigenvalue weighted by atomic mass is 16.1. The molecule has 0 aliphatic rings. The number of nitrogens with zero attached hydrogens (tertiary/aromatic N) is 5. The summed E-state index contributed by atoms with van der Waals surface area (Å²) in [5, 5.41) is 14.2. The molecule has 0 saturated heterocycles. The Hall–Kier alpha value is -4.10. The number of benzene rings is 3. The van der Waals surface area contributed by atoms with Crippen LogP contribution in [0.1, 0.15) is 66.9 Å². The zero-order valence-corrected chi connectivity index (χ0v) is 24.1. The Morgan fingerprint density at radius 2 is 1.57 bits per heavy atom. The molecule has 1 atom stereocenters. The average molecular weight is 535 g/mol. The monoisotopic (exact) mass is 534 g/mol. The summed E-state index contributed by atoms with van der Waals surface area (Å²) in [7, 11) is 0. The molecule has 0 bridgehead atoms. The second kappa shape index (κ2) is 11.6. The highest BCUT2D eigenvalue weighted by Crippen LogP contribution is 2.32. The van der Waals surface area contributed by atoms with Gasteiger partial charge in [-0.2, -0.15) is 0 Å². The molecular weight excluding hydrogens is 496 g/mol. The summed E-state index contributed by atoms with van der Waals surface area (Å²) in [5.41, 5.74) is 5.64. The second-order valence-corrected chi connectivity index (χ2v) is 11.3. The number of fused-ring (bicyclic) bond motifs is 1. The van der Waals surface area contributed by atoms with E-state index in [0.717, 1.165) is 34.9 Å². The molecule has 2 heterocycles. The summed E-state index contributed by atoms with van der Waals surface area (Å²) in [4.78, 5) is 19.5. The number of aromatic nitrogens is 5. The minimum Gasteiger partial charge on any atom is -0.321 e. The minimum absolute atomic E-state index is 0.118. The smallest absolute Gasteiger partial charge is 0.253 e. The van der Waals surface area contributed by atoms with Crippen LogP contribution in [0.15, 0.2) is 83.7 Å².